The zero-order chi connectivity index (χ0) is 12.3. The van der Waals surface area contributed by atoms with E-state index in [-0.39, 0.29) is 6.10 Å². The van der Waals surface area contributed by atoms with E-state index in [1.165, 1.54) is 23.7 Å². The van der Waals surface area contributed by atoms with Crippen LogP contribution in [0.15, 0.2) is 30.5 Å². The number of ether oxygens (including phenoxy) is 1. The lowest BCUT2D eigenvalue weighted by Gasteiger charge is -2.10. The third-order valence-electron chi connectivity index (χ3n) is 2.87. The lowest BCUT2D eigenvalue weighted by molar-refractivity contribution is 0.243. The molecule has 0 saturated carbocycles. The smallest absolute Gasteiger partial charge is 0.120 e. The standard InChI is InChI=1S/C15H21NO/c1-4-5-9-16-10-8-13-11-14(17-12(2)3)6-7-15(13)16/h6-8,10-12H,4-5,9H2,1-3H3. The Morgan fingerprint density at radius 2 is 2.06 bits per heavy atom. The largest absolute Gasteiger partial charge is 0.491 e. The quantitative estimate of drug-likeness (QED) is 0.751. The van der Waals surface area contributed by atoms with Crippen LogP contribution in [0.2, 0.25) is 0 Å². The average Bonchev–Trinajstić information content (AvgIpc) is 2.68. The van der Waals surface area contributed by atoms with Crippen LogP contribution < -0.4 is 4.74 Å². The van der Waals surface area contributed by atoms with Crippen molar-refractivity contribution in [1.29, 1.82) is 0 Å². The molecule has 0 radical (unpaired) electrons. The molecule has 2 rings (SSSR count). The van der Waals surface area contributed by atoms with Crippen LogP contribution in [0.4, 0.5) is 0 Å². The molecule has 1 heterocycles. The molecule has 2 nitrogen and oxygen atoms in total. The van der Waals surface area contributed by atoms with E-state index >= 15 is 0 Å². The fourth-order valence-electron chi connectivity index (χ4n) is 2.05. The molecule has 2 aromatic rings. The van der Waals surface area contributed by atoms with Crippen LogP contribution in [-0.4, -0.2) is 10.7 Å². The Labute approximate surface area is 103 Å². The maximum atomic E-state index is 5.70. The predicted octanol–water partition coefficient (Wildman–Crippen LogP) is 4.23. The van der Waals surface area contributed by atoms with Crippen LogP contribution >= 0.6 is 0 Å². The molecule has 0 N–H and O–H groups in total. The highest BCUT2D eigenvalue weighted by atomic mass is 16.5. The Kier molecular flexibility index (Phi) is 3.72. The van der Waals surface area contributed by atoms with Crippen molar-refractivity contribution >= 4 is 10.9 Å². The monoisotopic (exact) mass is 231 g/mol. The highest BCUT2D eigenvalue weighted by Crippen LogP contribution is 2.23. The van der Waals surface area contributed by atoms with Gasteiger partial charge >= 0.3 is 0 Å². The van der Waals surface area contributed by atoms with Gasteiger partial charge in [-0.3, -0.25) is 0 Å². The fraction of sp³-hybridized carbons (Fsp3) is 0.467. The first-order valence-corrected chi connectivity index (χ1v) is 6.46. The molecule has 17 heavy (non-hydrogen) atoms. The van der Waals surface area contributed by atoms with Crippen LogP contribution in [-0.2, 0) is 6.54 Å². The maximum absolute atomic E-state index is 5.70. The molecule has 2 heteroatoms. The Bertz CT molecular complexity index is 485. The Morgan fingerprint density at radius 3 is 2.76 bits per heavy atom. The van der Waals surface area contributed by atoms with Crippen molar-refractivity contribution < 1.29 is 4.74 Å². The van der Waals surface area contributed by atoms with E-state index in [4.69, 9.17) is 4.74 Å². The SMILES string of the molecule is CCCCn1ccc2cc(OC(C)C)ccc21. The number of hydrogen-bond acceptors (Lipinski definition) is 1. The van der Waals surface area contributed by atoms with Gasteiger partial charge in [-0.2, -0.15) is 0 Å². The highest BCUT2D eigenvalue weighted by Gasteiger charge is 2.03. The summed E-state index contributed by atoms with van der Waals surface area (Å²) in [4.78, 5) is 0. The summed E-state index contributed by atoms with van der Waals surface area (Å²) in [7, 11) is 0. The molecule has 0 unspecified atom stereocenters. The molecular weight excluding hydrogens is 210 g/mol. The molecule has 0 atom stereocenters. The molecule has 0 aliphatic rings. The van der Waals surface area contributed by atoms with Crippen molar-refractivity contribution in [2.45, 2.75) is 46.3 Å². The van der Waals surface area contributed by atoms with Crippen molar-refractivity contribution in [1.82, 2.24) is 4.57 Å². The fourth-order valence-corrected chi connectivity index (χ4v) is 2.05. The normalized spacial score (nSPS) is 11.3. The number of rotatable bonds is 5. The van der Waals surface area contributed by atoms with Gasteiger partial charge in [-0.1, -0.05) is 13.3 Å². The van der Waals surface area contributed by atoms with E-state index in [9.17, 15) is 0 Å². The first kappa shape index (κ1) is 12.0. The Balaban J connectivity index is 2.25. The van der Waals surface area contributed by atoms with Gasteiger partial charge in [0.25, 0.3) is 0 Å². The number of unbranched alkanes of at least 4 members (excludes halogenated alkanes) is 1. The van der Waals surface area contributed by atoms with E-state index in [1.54, 1.807) is 0 Å². The third kappa shape index (κ3) is 2.82. The van der Waals surface area contributed by atoms with Gasteiger partial charge in [-0.15, -0.1) is 0 Å². The number of aromatic nitrogens is 1. The predicted molar refractivity (Wildman–Crippen MR) is 72.6 cm³/mol. The lowest BCUT2D eigenvalue weighted by atomic mass is 10.2. The second-order valence-corrected chi connectivity index (χ2v) is 4.75. The second kappa shape index (κ2) is 5.26. The molecule has 1 aromatic heterocycles. The van der Waals surface area contributed by atoms with Crippen molar-refractivity contribution in [3.63, 3.8) is 0 Å². The van der Waals surface area contributed by atoms with Crippen molar-refractivity contribution in [3.8, 4) is 5.75 Å². The van der Waals surface area contributed by atoms with E-state index in [0.29, 0.717) is 0 Å². The molecule has 0 spiro atoms. The van der Waals surface area contributed by atoms with Gasteiger partial charge in [0.2, 0.25) is 0 Å². The Morgan fingerprint density at radius 1 is 1.24 bits per heavy atom. The van der Waals surface area contributed by atoms with Crippen molar-refractivity contribution in [2.24, 2.45) is 0 Å². The van der Waals surface area contributed by atoms with Crippen LogP contribution in [0, 0.1) is 0 Å². The maximum Gasteiger partial charge on any atom is 0.120 e. The van der Waals surface area contributed by atoms with Gasteiger partial charge in [0, 0.05) is 23.6 Å². The van der Waals surface area contributed by atoms with Crippen molar-refractivity contribution in [2.75, 3.05) is 0 Å². The van der Waals surface area contributed by atoms with Gasteiger partial charge < -0.3 is 9.30 Å². The van der Waals surface area contributed by atoms with Crippen molar-refractivity contribution in [3.05, 3.63) is 30.5 Å². The summed E-state index contributed by atoms with van der Waals surface area (Å²) < 4.78 is 8.02. The minimum Gasteiger partial charge on any atom is -0.491 e. The number of nitrogens with zero attached hydrogens (tertiary/aromatic N) is 1. The van der Waals surface area contributed by atoms with Crippen LogP contribution in [0.25, 0.3) is 10.9 Å². The van der Waals surface area contributed by atoms with E-state index in [1.807, 2.05) is 0 Å². The molecule has 0 saturated heterocycles. The lowest BCUT2D eigenvalue weighted by Crippen LogP contribution is -2.05. The minimum atomic E-state index is 0.231. The van der Waals surface area contributed by atoms with Crippen LogP contribution in [0.1, 0.15) is 33.6 Å². The molecule has 0 bridgehead atoms. The van der Waals surface area contributed by atoms with Crippen LogP contribution in [0.5, 0.6) is 5.75 Å². The molecule has 0 aliphatic heterocycles. The molecule has 0 amide bonds. The first-order chi connectivity index (χ1) is 8.20. The summed E-state index contributed by atoms with van der Waals surface area (Å²) in [5, 5.41) is 1.26. The summed E-state index contributed by atoms with van der Waals surface area (Å²) in [5.41, 5.74) is 1.30. The topological polar surface area (TPSA) is 14.2 Å². The summed E-state index contributed by atoms with van der Waals surface area (Å²) in [6.45, 7) is 7.43. The van der Waals surface area contributed by atoms with Crippen LogP contribution in [0.3, 0.4) is 0 Å². The van der Waals surface area contributed by atoms with E-state index in [0.717, 1.165) is 12.3 Å². The number of benzene rings is 1. The number of hydrogen-bond donors (Lipinski definition) is 0. The highest BCUT2D eigenvalue weighted by molar-refractivity contribution is 5.81. The minimum absolute atomic E-state index is 0.231. The first-order valence-electron chi connectivity index (χ1n) is 6.46. The summed E-state index contributed by atoms with van der Waals surface area (Å²) in [5.74, 6) is 0.959. The van der Waals surface area contributed by atoms with Gasteiger partial charge in [0.1, 0.15) is 5.75 Å². The molecule has 0 aliphatic carbocycles. The summed E-state index contributed by atoms with van der Waals surface area (Å²) >= 11 is 0. The molecular formula is C15H21NO. The third-order valence-corrected chi connectivity index (χ3v) is 2.87. The van der Waals surface area contributed by atoms with Gasteiger partial charge in [-0.25, -0.2) is 0 Å². The van der Waals surface area contributed by atoms with E-state index in [2.05, 4.69) is 55.8 Å². The number of fused-ring (bicyclic) bond motifs is 1. The summed E-state index contributed by atoms with van der Waals surface area (Å²) in [6.07, 6.45) is 4.86. The van der Waals surface area contributed by atoms with Gasteiger partial charge in [0.15, 0.2) is 0 Å². The zero-order valence-electron chi connectivity index (χ0n) is 10.9. The van der Waals surface area contributed by atoms with E-state index < -0.39 is 0 Å². The average molecular weight is 231 g/mol. The molecule has 0 fully saturated rings. The molecule has 1 aromatic carbocycles. The summed E-state index contributed by atoms with van der Waals surface area (Å²) in [6, 6.07) is 8.50. The second-order valence-electron chi connectivity index (χ2n) is 4.75. The Hall–Kier alpha value is -1.44. The van der Waals surface area contributed by atoms with Gasteiger partial charge in [-0.05, 0) is 44.5 Å². The molecule has 92 valence electrons. The van der Waals surface area contributed by atoms with Gasteiger partial charge in [0.05, 0.1) is 6.10 Å². The number of aryl methyl sites for hydroxylation is 1. The zero-order valence-corrected chi connectivity index (χ0v) is 10.9.